The van der Waals surface area contributed by atoms with Crippen LogP contribution < -0.4 is 5.32 Å². The third-order valence-corrected chi connectivity index (χ3v) is 3.56. The summed E-state index contributed by atoms with van der Waals surface area (Å²) in [4.78, 5) is 10.8. The predicted octanol–water partition coefficient (Wildman–Crippen LogP) is 4.06. The SMILES string of the molecule is O=[N+]([O-])c1ccc(CNc2cccc(Cl)c2F)s1. The van der Waals surface area contributed by atoms with Gasteiger partial charge in [-0.3, -0.25) is 10.1 Å². The zero-order valence-corrected chi connectivity index (χ0v) is 10.6. The first-order chi connectivity index (χ1) is 8.58. The molecule has 4 nitrogen and oxygen atoms in total. The van der Waals surface area contributed by atoms with Crippen molar-refractivity contribution in [2.75, 3.05) is 5.32 Å². The van der Waals surface area contributed by atoms with Gasteiger partial charge in [-0.05, 0) is 18.2 Å². The van der Waals surface area contributed by atoms with E-state index in [1.807, 2.05) is 0 Å². The summed E-state index contributed by atoms with van der Waals surface area (Å²) in [6, 6.07) is 7.71. The first kappa shape index (κ1) is 12.8. The van der Waals surface area contributed by atoms with Crippen LogP contribution in [0, 0.1) is 15.9 Å². The number of nitrogens with one attached hydrogen (secondary N) is 1. The fourth-order valence-corrected chi connectivity index (χ4v) is 2.32. The Morgan fingerprint density at radius 3 is 2.83 bits per heavy atom. The average molecular weight is 287 g/mol. The molecule has 0 saturated carbocycles. The lowest BCUT2D eigenvalue weighted by molar-refractivity contribution is -0.380. The van der Waals surface area contributed by atoms with Crippen molar-refractivity contribution in [2.24, 2.45) is 0 Å². The first-order valence-corrected chi connectivity index (χ1v) is 6.18. The molecule has 1 aromatic heterocycles. The normalized spacial score (nSPS) is 10.3. The molecule has 0 aliphatic rings. The molecule has 0 saturated heterocycles. The van der Waals surface area contributed by atoms with E-state index in [-0.39, 0.29) is 15.7 Å². The molecule has 1 aromatic carbocycles. The van der Waals surface area contributed by atoms with Crippen molar-refractivity contribution in [2.45, 2.75) is 6.54 Å². The maximum Gasteiger partial charge on any atom is 0.324 e. The molecule has 18 heavy (non-hydrogen) atoms. The van der Waals surface area contributed by atoms with E-state index in [4.69, 9.17) is 11.6 Å². The quantitative estimate of drug-likeness (QED) is 0.681. The van der Waals surface area contributed by atoms with Crippen LogP contribution in [0.4, 0.5) is 15.1 Å². The maximum atomic E-state index is 13.5. The van der Waals surface area contributed by atoms with Gasteiger partial charge in [0.05, 0.1) is 15.6 Å². The number of nitrogens with zero attached hydrogens (tertiary/aromatic N) is 1. The molecule has 0 radical (unpaired) electrons. The van der Waals surface area contributed by atoms with Gasteiger partial charge in [0, 0.05) is 17.5 Å². The molecule has 0 bridgehead atoms. The lowest BCUT2D eigenvalue weighted by Crippen LogP contribution is -1.99. The topological polar surface area (TPSA) is 55.2 Å². The van der Waals surface area contributed by atoms with Crippen LogP contribution >= 0.6 is 22.9 Å². The number of hydrogen-bond donors (Lipinski definition) is 1. The van der Waals surface area contributed by atoms with E-state index in [0.717, 1.165) is 16.2 Å². The minimum atomic E-state index is -0.523. The summed E-state index contributed by atoms with van der Waals surface area (Å²) in [6.45, 7) is 0.315. The van der Waals surface area contributed by atoms with E-state index in [1.165, 1.54) is 12.1 Å². The van der Waals surface area contributed by atoms with Crippen LogP contribution in [0.3, 0.4) is 0 Å². The number of anilines is 1. The van der Waals surface area contributed by atoms with Gasteiger partial charge in [0.1, 0.15) is 0 Å². The van der Waals surface area contributed by atoms with Gasteiger partial charge < -0.3 is 5.32 Å². The molecule has 7 heteroatoms. The zero-order chi connectivity index (χ0) is 13.1. The highest BCUT2D eigenvalue weighted by Gasteiger charge is 2.10. The molecule has 1 N–H and O–H groups in total. The summed E-state index contributed by atoms with van der Waals surface area (Å²) in [5.74, 6) is -0.523. The highest BCUT2D eigenvalue weighted by atomic mass is 35.5. The summed E-state index contributed by atoms with van der Waals surface area (Å²) >= 11 is 6.69. The minimum absolute atomic E-state index is 0.0390. The minimum Gasteiger partial charge on any atom is -0.378 e. The van der Waals surface area contributed by atoms with Gasteiger partial charge in [-0.25, -0.2) is 4.39 Å². The number of thiophene rings is 1. The fourth-order valence-electron chi connectivity index (χ4n) is 1.38. The molecule has 0 spiro atoms. The van der Waals surface area contributed by atoms with E-state index < -0.39 is 10.7 Å². The van der Waals surface area contributed by atoms with Gasteiger partial charge >= 0.3 is 5.00 Å². The Balaban J connectivity index is 2.07. The largest absolute Gasteiger partial charge is 0.378 e. The van der Waals surface area contributed by atoms with Gasteiger partial charge in [-0.15, -0.1) is 0 Å². The summed E-state index contributed by atoms with van der Waals surface area (Å²) in [6.07, 6.45) is 0. The van der Waals surface area contributed by atoms with Crippen LogP contribution in [0.5, 0.6) is 0 Å². The molecule has 0 aliphatic heterocycles. The Bertz CT molecular complexity index is 588. The van der Waals surface area contributed by atoms with Gasteiger partial charge in [-0.2, -0.15) is 0 Å². The molecule has 0 aliphatic carbocycles. The second-order valence-corrected chi connectivity index (χ2v) is 5.01. The number of nitro groups is 1. The van der Waals surface area contributed by atoms with Gasteiger partial charge in [0.15, 0.2) is 5.82 Å². The third kappa shape index (κ3) is 2.77. The van der Waals surface area contributed by atoms with E-state index in [2.05, 4.69) is 5.32 Å². The zero-order valence-electron chi connectivity index (χ0n) is 9.02. The highest BCUT2D eigenvalue weighted by Crippen LogP contribution is 2.26. The lowest BCUT2D eigenvalue weighted by Gasteiger charge is -2.06. The summed E-state index contributed by atoms with van der Waals surface area (Å²) in [7, 11) is 0. The fraction of sp³-hybridized carbons (Fsp3) is 0.0909. The molecular weight excluding hydrogens is 279 g/mol. The van der Waals surface area contributed by atoms with Crippen molar-refractivity contribution in [3.8, 4) is 0 Å². The molecule has 94 valence electrons. The lowest BCUT2D eigenvalue weighted by atomic mass is 10.3. The van der Waals surface area contributed by atoms with Crippen LogP contribution in [0.2, 0.25) is 5.02 Å². The average Bonchev–Trinajstić information content (AvgIpc) is 2.80. The van der Waals surface area contributed by atoms with E-state index in [0.29, 0.717) is 6.54 Å². The van der Waals surface area contributed by atoms with Gasteiger partial charge in [0.2, 0.25) is 0 Å². The molecule has 2 aromatic rings. The van der Waals surface area contributed by atoms with Crippen molar-refractivity contribution < 1.29 is 9.31 Å². The molecule has 1 heterocycles. The standard InChI is InChI=1S/C11H8ClFN2O2S/c12-8-2-1-3-9(11(8)13)14-6-7-4-5-10(18-7)15(16)17/h1-5,14H,6H2. The monoisotopic (exact) mass is 286 g/mol. The Kier molecular flexibility index (Phi) is 3.78. The number of hydrogen-bond acceptors (Lipinski definition) is 4. The molecule has 0 fully saturated rings. The van der Waals surface area contributed by atoms with Gasteiger partial charge in [0.25, 0.3) is 0 Å². The van der Waals surface area contributed by atoms with Crippen LogP contribution in [-0.2, 0) is 6.54 Å². The Hall–Kier alpha value is -1.66. The number of benzene rings is 1. The Morgan fingerprint density at radius 1 is 1.39 bits per heavy atom. The smallest absolute Gasteiger partial charge is 0.324 e. The van der Waals surface area contributed by atoms with Crippen molar-refractivity contribution in [3.63, 3.8) is 0 Å². The highest BCUT2D eigenvalue weighted by molar-refractivity contribution is 7.15. The van der Waals surface area contributed by atoms with E-state index in [1.54, 1.807) is 18.2 Å². The van der Waals surface area contributed by atoms with Crippen molar-refractivity contribution in [3.05, 3.63) is 56.2 Å². The molecule has 2 rings (SSSR count). The van der Waals surface area contributed by atoms with Gasteiger partial charge in [-0.1, -0.05) is 29.0 Å². The summed E-state index contributed by atoms with van der Waals surface area (Å²) < 4.78 is 13.5. The molecule has 0 amide bonds. The molecular formula is C11H8ClFN2O2S. The van der Waals surface area contributed by atoms with E-state index >= 15 is 0 Å². The van der Waals surface area contributed by atoms with Crippen LogP contribution in [0.15, 0.2) is 30.3 Å². The molecule has 0 unspecified atom stereocenters. The predicted molar refractivity (Wildman–Crippen MR) is 69.7 cm³/mol. The third-order valence-electron chi connectivity index (χ3n) is 2.23. The van der Waals surface area contributed by atoms with Crippen LogP contribution in [-0.4, -0.2) is 4.92 Å². The van der Waals surface area contributed by atoms with E-state index in [9.17, 15) is 14.5 Å². The van der Waals surface area contributed by atoms with Crippen molar-refractivity contribution in [1.29, 1.82) is 0 Å². The molecule has 0 atom stereocenters. The number of halogens is 2. The summed E-state index contributed by atoms with van der Waals surface area (Å²) in [5.41, 5.74) is 0.276. The Morgan fingerprint density at radius 2 is 2.17 bits per heavy atom. The first-order valence-electron chi connectivity index (χ1n) is 4.99. The van der Waals surface area contributed by atoms with Crippen molar-refractivity contribution >= 4 is 33.6 Å². The second-order valence-electron chi connectivity index (χ2n) is 3.45. The Labute approximate surface area is 111 Å². The van der Waals surface area contributed by atoms with Crippen LogP contribution in [0.25, 0.3) is 0 Å². The van der Waals surface area contributed by atoms with Crippen molar-refractivity contribution in [1.82, 2.24) is 0 Å². The van der Waals surface area contributed by atoms with Crippen LogP contribution in [0.1, 0.15) is 4.88 Å². The maximum absolute atomic E-state index is 13.5. The second kappa shape index (κ2) is 5.32. The number of rotatable bonds is 4. The summed E-state index contributed by atoms with van der Waals surface area (Å²) in [5, 5.41) is 13.5.